The Balaban J connectivity index is 2.42. The Morgan fingerprint density at radius 3 is 2.16 bits per heavy atom. The van der Waals surface area contributed by atoms with Gasteiger partial charge in [0.1, 0.15) is 6.29 Å². The number of carbonyl (C=O) groups is 1. The Morgan fingerprint density at radius 1 is 1.00 bits per heavy atom. The van der Waals surface area contributed by atoms with Gasteiger partial charge in [0.2, 0.25) is 0 Å². The number of rotatable bonds is 4. The van der Waals surface area contributed by atoms with Crippen LogP contribution in [0.5, 0.6) is 0 Å². The van der Waals surface area contributed by atoms with Crippen LogP contribution in [0, 0.1) is 0 Å². The number of benzene rings is 2. The monoisotopic (exact) mass is 292 g/mol. The summed E-state index contributed by atoms with van der Waals surface area (Å²) in [5, 5.41) is 1.27. The third kappa shape index (κ3) is 2.99. The maximum absolute atomic E-state index is 11.6. The Morgan fingerprint density at radius 2 is 1.58 bits per heavy atom. The molecule has 0 aliphatic carbocycles. The minimum atomic E-state index is -0.677. The highest BCUT2D eigenvalue weighted by Crippen LogP contribution is 2.33. The topological polar surface area (TPSA) is 17.1 Å². The molecule has 0 saturated carbocycles. The molecule has 0 fully saturated rings. The molecule has 2 aromatic carbocycles. The molecule has 1 atom stereocenters. The number of halogens is 2. The summed E-state index contributed by atoms with van der Waals surface area (Å²) in [5.41, 5.74) is 1.09. The van der Waals surface area contributed by atoms with E-state index in [1.165, 1.54) is 0 Å². The third-order valence-corrected chi connectivity index (χ3v) is 3.96. The van der Waals surface area contributed by atoms with Gasteiger partial charge in [0.25, 0.3) is 0 Å². The fourth-order valence-corrected chi connectivity index (χ4v) is 2.72. The lowest BCUT2D eigenvalue weighted by Crippen LogP contribution is -2.27. The number of hydrogen-bond donors (Lipinski definition) is 0. The third-order valence-electron chi connectivity index (χ3n) is 3.26. The zero-order valence-corrected chi connectivity index (χ0v) is 12.1. The molecule has 0 bridgehead atoms. The molecule has 0 spiro atoms. The molecular formula is C16H14Cl2O. The van der Waals surface area contributed by atoms with Gasteiger partial charge in [0.15, 0.2) is 0 Å². The van der Waals surface area contributed by atoms with Crippen molar-refractivity contribution in [3.05, 3.63) is 69.7 Å². The van der Waals surface area contributed by atoms with E-state index in [0.717, 1.165) is 17.4 Å². The van der Waals surface area contributed by atoms with Crippen LogP contribution in [0.3, 0.4) is 0 Å². The molecule has 0 heterocycles. The molecule has 2 rings (SSSR count). The van der Waals surface area contributed by atoms with E-state index in [9.17, 15) is 4.79 Å². The summed E-state index contributed by atoms with van der Waals surface area (Å²) in [6, 6.07) is 15.0. The molecular weight excluding hydrogens is 279 g/mol. The van der Waals surface area contributed by atoms with E-state index in [-0.39, 0.29) is 0 Å². The first-order chi connectivity index (χ1) is 9.07. The summed E-state index contributed by atoms with van der Waals surface area (Å²) in [6.45, 7) is 1.88. The standard InChI is InChI=1S/C16H14Cl2O/c1-16(11-19,13-7-3-5-9-15(13)18)10-12-6-2-4-8-14(12)17/h2-9,11H,10H2,1H3. The van der Waals surface area contributed by atoms with Crippen LogP contribution >= 0.6 is 23.2 Å². The number of hydrogen-bond acceptors (Lipinski definition) is 1. The van der Waals surface area contributed by atoms with Crippen molar-refractivity contribution in [2.45, 2.75) is 18.8 Å². The van der Waals surface area contributed by atoms with Gasteiger partial charge in [-0.3, -0.25) is 0 Å². The maximum Gasteiger partial charge on any atom is 0.130 e. The van der Waals surface area contributed by atoms with Crippen LogP contribution < -0.4 is 0 Å². The van der Waals surface area contributed by atoms with Crippen molar-refractivity contribution >= 4 is 29.5 Å². The molecule has 1 unspecified atom stereocenters. The predicted molar refractivity (Wildman–Crippen MR) is 80.0 cm³/mol. The molecule has 19 heavy (non-hydrogen) atoms. The zero-order valence-electron chi connectivity index (χ0n) is 10.6. The van der Waals surface area contributed by atoms with E-state index in [1.807, 2.05) is 49.4 Å². The van der Waals surface area contributed by atoms with Gasteiger partial charge in [-0.05, 0) is 36.6 Å². The highest BCUT2D eigenvalue weighted by molar-refractivity contribution is 6.32. The maximum atomic E-state index is 11.6. The highest BCUT2D eigenvalue weighted by Gasteiger charge is 2.29. The van der Waals surface area contributed by atoms with Gasteiger partial charge in [0, 0.05) is 10.0 Å². The van der Waals surface area contributed by atoms with Gasteiger partial charge in [-0.1, -0.05) is 59.6 Å². The van der Waals surface area contributed by atoms with Gasteiger partial charge in [-0.15, -0.1) is 0 Å². The fraction of sp³-hybridized carbons (Fsp3) is 0.188. The van der Waals surface area contributed by atoms with Crippen LogP contribution in [0.1, 0.15) is 18.1 Å². The molecule has 0 aliphatic heterocycles. The van der Waals surface area contributed by atoms with Crippen LogP contribution in [0.4, 0.5) is 0 Å². The lowest BCUT2D eigenvalue weighted by Gasteiger charge is -2.25. The molecule has 3 heteroatoms. The first-order valence-electron chi connectivity index (χ1n) is 6.01. The second kappa shape index (κ2) is 5.77. The van der Waals surface area contributed by atoms with E-state index in [1.54, 1.807) is 6.07 Å². The second-order valence-corrected chi connectivity index (χ2v) is 5.60. The molecule has 1 nitrogen and oxygen atoms in total. The van der Waals surface area contributed by atoms with Crippen LogP contribution in [0.15, 0.2) is 48.5 Å². The molecule has 0 saturated heterocycles. The molecule has 0 N–H and O–H groups in total. The fourth-order valence-electron chi connectivity index (χ4n) is 2.16. The lowest BCUT2D eigenvalue weighted by molar-refractivity contribution is -0.112. The molecule has 0 radical (unpaired) electrons. The van der Waals surface area contributed by atoms with Crippen LogP contribution in [-0.4, -0.2) is 6.29 Å². The van der Waals surface area contributed by atoms with Crippen molar-refractivity contribution < 1.29 is 4.79 Å². The molecule has 2 aromatic rings. The van der Waals surface area contributed by atoms with E-state index < -0.39 is 5.41 Å². The van der Waals surface area contributed by atoms with Gasteiger partial charge in [-0.25, -0.2) is 0 Å². The molecule has 0 amide bonds. The summed E-state index contributed by atoms with van der Waals surface area (Å²) in [5.74, 6) is 0. The smallest absolute Gasteiger partial charge is 0.130 e. The molecule has 0 aliphatic rings. The SMILES string of the molecule is CC(C=O)(Cc1ccccc1Cl)c1ccccc1Cl. The average Bonchev–Trinajstić information content (AvgIpc) is 2.42. The minimum Gasteiger partial charge on any atom is -0.302 e. The van der Waals surface area contributed by atoms with Crippen LogP contribution in [-0.2, 0) is 16.6 Å². The van der Waals surface area contributed by atoms with Crippen molar-refractivity contribution in [2.24, 2.45) is 0 Å². The van der Waals surface area contributed by atoms with Gasteiger partial charge in [-0.2, -0.15) is 0 Å². The largest absolute Gasteiger partial charge is 0.302 e. The normalized spacial score (nSPS) is 13.8. The van der Waals surface area contributed by atoms with Gasteiger partial charge < -0.3 is 4.79 Å². The summed E-state index contributed by atoms with van der Waals surface area (Å²) in [4.78, 5) is 11.6. The van der Waals surface area contributed by atoms with E-state index in [0.29, 0.717) is 16.5 Å². The highest BCUT2D eigenvalue weighted by atomic mass is 35.5. The van der Waals surface area contributed by atoms with Gasteiger partial charge in [0.05, 0.1) is 5.41 Å². The van der Waals surface area contributed by atoms with Crippen molar-refractivity contribution in [3.63, 3.8) is 0 Å². The van der Waals surface area contributed by atoms with Crippen molar-refractivity contribution in [2.75, 3.05) is 0 Å². The lowest BCUT2D eigenvalue weighted by atomic mass is 9.78. The number of carbonyl (C=O) groups excluding carboxylic acids is 1. The Labute approximate surface area is 123 Å². The Hall–Kier alpha value is -1.31. The van der Waals surface area contributed by atoms with E-state index in [4.69, 9.17) is 23.2 Å². The van der Waals surface area contributed by atoms with Crippen molar-refractivity contribution in [1.29, 1.82) is 0 Å². The summed E-state index contributed by atoms with van der Waals surface area (Å²) >= 11 is 12.4. The second-order valence-electron chi connectivity index (χ2n) is 4.78. The van der Waals surface area contributed by atoms with Crippen LogP contribution in [0.2, 0.25) is 10.0 Å². The first kappa shape index (κ1) is 14.1. The zero-order chi connectivity index (χ0) is 13.9. The number of aldehydes is 1. The summed E-state index contributed by atoms with van der Waals surface area (Å²) in [6.07, 6.45) is 1.47. The average molecular weight is 293 g/mol. The summed E-state index contributed by atoms with van der Waals surface area (Å²) < 4.78 is 0. The molecule has 98 valence electrons. The Kier molecular flexibility index (Phi) is 4.28. The van der Waals surface area contributed by atoms with Crippen LogP contribution in [0.25, 0.3) is 0 Å². The molecule has 0 aromatic heterocycles. The predicted octanol–water partition coefficient (Wildman–Crippen LogP) is 4.69. The van der Waals surface area contributed by atoms with Crippen molar-refractivity contribution in [3.8, 4) is 0 Å². The minimum absolute atomic E-state index is 0.528. The Bertz CT molecular complexity index is 595. The quantitative estimate of drug-likeness (QED) is 0.747. The first-order valence-corrected chi connectivity index (χ1v) is 6.77. The summed E-state index contributed by atoms with van der Waals surface area (Å²) in [7, 11) is 0. The van der Waals surface area contributed by atoms with E-state index >= 15 is 0 Å². The van der Waals surface area contributed by atoms with Crippen molar-refractivity contribution in [1.82, 2.24) is 0 Å². The van der Waals surface area contributed by atoms with E-state index in [2.05, 4.69) is 0 Å². The van der Waals surface area contributed by atoms with Gasteiger partial charge >= 0.3 is 0 Å².